The molecular weight excluding hydrogens is 268 g/mol. The summed E-state index contributed by atoms with van der Waals surface area (Å²) in [6, 6.07) is 0. The average molecular weight is 284 g/mol. The molecule has 3 heteroatoms. The Balaban J connectivity index is 1.58. The predicted octanol–water partition coefficient (Wildman–Crippen LogP) is 3.25. The van der Waals surface area contributed by atoms with Crippen molar-refractivity contribution in [3.05, 3.63) is 12.7 Å². The molecule has 1 N–H and O–H groups in total. The van der Waals surface area contributed by atoms with Gasteiger partial charge in [0.15, 0.2) is 0 Å². The third-order valence-electron chi connectivity index (χ3n) is 16.1. The number of carbonyl (C=O) groups excluding carboxylic acids is 1. The van der Waals surface area contributed by atoms with Crippen molar-refractivity contribution < 1.29 is 16.4 Å². The molecule has 2 nitrogen and oxygen atoms in total. The standard InChI is InChI=1S/C10H11O2.C5H5.Fe/c1-3-9(11)10(2,12)8-6-4-5-7-8;1-2-4-5-3-1;/h3-7,12H,1H2,2H3;1-5H;. The fourth-order valence-corrected chi connectivity index (χ4v) is 93.5. The van der Waals surface area contributed by atoms with Crippen LogP contribution >= 0.6 is 0 Å². The molecule has 0 aromatic carbocycles. The fourth-order valence-electron chi connectivity index (χ4n) is 17.9. The minimum atomic E-state index is -3.33. The topological polar surface area (TPSA) is 37.3 Å². The van der Waals surface area contributed by atoms with Crippen molar-refractivity contribution in [2.75, 3.05) is 0 Å². The van der Waals surface area contributed by atoms with Crippen LogP contribution in [0.15, 0.2) is 12.7 Å². The van der Waals surface area contributed by atoms with E-state index in [9.17, 15) is 9.90 Å². The van der Waals surface area contributed by atoms with Crippen LogP contribution < -0.4 is 0 Å². The molecule has 5 unspecified atom stereocenters. The van der Waals surface area contributed by atoms with E-state index in [4.69, 9.17) is 0 Å². The summed E-state index contributed by atoms with van der Waals surface area (Å²) in [7, 11) is 0. The number of aliphatic hydroxyl groups is 1. The summed E-state index contributed by atoms with van der Waals surface area (Å²) in [5, 5.41) is 11.2. The third kappa shape index (κ3) is 0.0667. The Morgan fingerprint density at radius 3 is 1.83 bits per heavy atom. The Bertz CT molecular complexity index is 985. The SMILES string of the molecule is C=CC(=O)C(C)(O)[C]12[CH]3[CH]4[CH]5[CH]1[Fe]45321678[CH]2[CH]1[CH]6[CH]7[CH]28. The van der Waals surface area contributed by atoms with E-state index in [0.717, 1.165) is 9.63 Å². The van der Waals surface area contributed by atoms with E-state index in [1.807, 2.05) is 6.92 Å². The zero-order valence-electron chi connectivity index (χ0n) is 10.2. The zero-order valence-corrected chi connectivity index (χ0v) is 11.3. The van der Waals surface area contributed by atoms with E-state index in [0.29, 0.717) is 0 Å². The molecule has 1 spiro atoms. The van der Waals surface area contributed by atoms with Crippen molar-refractivity contribution in [3.63, 3.8) is 0 Å². The van der Waals surface area contributed by atoms with Crippen LogP contribution in [-0.4, -0.2) is 16.5 Å². The summed E-state index contributed by atoms with van der Waals surface area (Å²) >= 11 is 0. The monoisotopic (exact) mass is 284 g/mol. The number of rotatable bonds is 3. The maximum atomic E-state index is 12.3. The first-order valence-electron chi connectivity index (χ1n) is 7.38. The van der Waals surface area contributed by atoms with E-state index in [2.05, 4.69) is 6.58 Å². The van der Waals surface area contributed by atoms with Gasteiger partial charge >= 0.3 is 95.0 Å². The molecule has 5 atom stereocenters. The van der Waals surface area contributed by atoms with Gasteiger partial charge in [-0.1, -0.05) is 0 Å². The van der Waals surface area contributed by atoms with Gasteiger partial charge in [-0.2, -0.15) is 0 Å². The first-order chi connectivity index (χ1) is 8.28. The summed E-state index contributed by atoms with van der Waals surface area (Å²) in [5.41, 5.74) is -1.01. The van der Waals surface area contributed by atoms with Crippen LogP contribution in [0.4, 0.5) is 0 Å². The van der Waals surface area contributed by atoms with Crippen LogP contribution in [0.25, 0.3) is 0 Å². The predicted molar refractivity (Wildman–Crippen MR) is 62.3 cm³/mol. The fraction of sp³-hybridized carbons (Fsp3) is 0.800. The Morgan fingerprint density at radius 2 is 1.61 bits per heavy atom. The molecule has 10 heterocycles. The Morgan fingerprint density at radius 1 is 1.17 bits per heavy atom. The molecule has 0 aliphatic carbocycles. The summed E-state index contributed by atoms with van der Waals surface area (Å²) in [4.78, 5) is 22.5. The second kappa shape index (κ2) is 0.552. The summed E-state index contributed by atoms with van der Waals surface area (Å²) in [6.07, 6.45) is 1.41. The maximum absolute atomic E-state index is 12.3. The summed E-state index contributed by atoms with van der Waals surface area (Å²) in [6.45, 7) is 2.21. The molecule has 0 saturated carbocycles. The van der Waals surface area contributed by atoms with E-state index < -0.39 is 12.1 Å². The van der Waals surface area contributed by atoms with E-state index in [-0.39, 0.29) is 10.1 Å². The van der Waals surface area contributed by atoms with E-state index >= 15 is 0 Å². The first-order valence-corrected chi connectivity index (χ1v) is 13.7. The van der Waals surface area contributed by atoms with Crippen molar-refractivity contribution in [3.8, 4) is 0 Å². The van der Waals surface area contributed by atoms with Crippen molar-refractivity contribution in [2.24, 2.45) is 0 Å². The van der Waals surface area contributed by atoms with Gasteiger partial charge in [0.05, 0.1) is 0 Å². The third-order valence-corrected chi connectivity index (χ3v) is 58.7. The van der Waals surface area contributed by atoms with Gasteiger partial charge in [-0.05, 0) is 0 Å². The molecule has 0 radical (unpaired) electrons. The normalized spacial score (nSPS) is 116. The van der Waals surface area contributed by atoms with Crippen LogP contribution in [0, 0.1) is 0 Å². The van der Waals surface area contributed by atoms with Crippen molar-refractivity contribution in [1.82, 2.24) is 0 Å². The van der Waals surface area contributed by atoms with Crippen molar-refractivity contribution >= 4 is 5.78 Å². The van der Waals surface area contributed by atoms with Crippen LogP contribution in [0.1, 0.15) is 6.92 Å². The second-order valence-electron chi connectivity index (χ2n) is 11.3. The van der Waals surface area contributed by atoms with Gasteiger partial charge in [-0.25, -0.2) is 0 Å². The van der Waals surface area contributed by atoms with Gasteiger partial charge in [0.1, 0.15) is 0 Å². The quantitative estimate of drug-likeness (QED) is 0.638. The number of carbonyl (C=O) groups is 1. The Kier molecular flexibility index (Phi) is 0.216. The molecule has 10 rings (SSSR count). The van der Waals surface area contributed by atoms with Gasteiger partial charge in [0, 0.05) is 0 Å². The number of hydrogen-bond acceptors (Lipinski definition) is 2. The molecule has 0 bridgehead atoms. The molecule has 10 fully saturated rings. The summed E-state index contributed by atoms with van der Waals surface area (Å²) in [5.74, 6) is -0.0458. The van der Waals surface area contributed by atoms with Gasteiger partial charge in [0.2, 0.25) is 0 Å². The molecule has 96 valence electrons. The van der Waals surface area contributed by atoms with Gasteiger partial charge in [0.25, 0.3) is 0 Å². The van der Waals surface area contributed by atoms with Crippen LogP contribution in [0.2, 0.25) is 47.7 Å². The molecule has 0 aromatic heterocycles. The van der Waals surface area contributed by atoms with Crippen LogP contribution in [0.5, 0.6) is 0 Å². The van der Waals surface area contributed by atoms with Gasteiger partial charge < -0.3 is 0 Å². The second-order valence-corrected chi connectivity index (χ2v) is 34.9. The van der Waals surface area contributed by atoms with Gasteiger partial charge in [-0.3, -0.25) is 0 Å². The molecule has 18 heavy (non-hydrogen) atoms. The molecule has 10 saturated heterocycles. The van der Waals surface area contributed by atoms with E-state index in [1.165, 1.54) is 39.8 Å². The van der Waals surface area contributed by atoms with E-state index in [1.54, 1.807) is 0 Å². The molecule has 0 aromatic rings. The number of ketones is 1. The average Bonchev–Trinajstić information content (AvgIpc) is 3.28. The van der Waals surface area contributed by atoms with Crippen LogP contribution in [0.3, 0.4) is 0 Å². The Hall–Kier alpha value is -0.111. The summed E-state index contributed by atoms with van der Waals surface area (Å²) < 4.78 is 0.247. The number of fused-ring (bicyclic) bond motifs is 10. The molecular formula is C15H16FeO2. The zero-order chi connectivity index (χ0) is 11.8. The van der Waals surface area contributed by atoms with Gasteiger partial charge in [-0.15, -0.1) is 0 Å². The molecule has 10 aliphatic rings. The minimum absolute atomic E-state index is 0.0458. The van der Waals surface area contributed by atoms with Crippen molar-refractivity contribution in [1.29, 1.82) is 0 Å². The first kappa shape index (κ1) is 7.06. The Labute approximate surface area is 95.1 Å². The molecule has 10 aliphatic heterocycles. The van der Waals surface area contributed by atoms with Crippen LogP contribution in [-0.2, 0) is 11.3 Å². The molecule has 0 amide bonds. The number of hydrogen-bond donors (Lipinski definition) is 1. The van der Waals surface area contributed by atoms with Crippen molar-refractivity contribution in [2.45, 2.75) is 60.2 Å².